The molecule has 0 bridgehead atoms. The number of hydrogen-bond donors (Lipinski definition) is 1. The molecule has 2 aliphatic heterocycles. The number of fused-ring (bicyclic) bond motifs is 5. The number of benzene rings is 3. The van der Waals surface area contributed by atoms with Crippen molar-refractivity contribution in [2.75, 3.05) is 11.4 Å². The lowest BCUT2D eigenvalue weighted by molar-refractivity contribution is -0.125. The predicted molar refractivity (Wildman–Crippen MR) is 139 cm³/mol. The molecule has 180 valence electrons. The highest BCUT2D eigenvalue weighted by Crippen LogP contribution is 2.50. The van der Waals surface area contributed by atoms with E-state index in [2.05, 4.69) is 42.2 Å². The number of amides is 3. The van der Waals surface area contributed by atoms with Crippen LogP contribution in [0, 0.1) is 0 Å². The fourth-order valence-electron chi connectivity index (χ4n) is 5.77. The minimum Gasteiger partial charge on any atom is -0.356 e. The number of aromatic nitrogens is 1. The molecule has 1 saturated heterocycles. The van der Waals surface area contributed by atoms with Crippen molar-refractivity contribution < 1.29 is 14.4 Å². The Hall–Kier alpha value is -4.19. The van der Waals surface area contributed by atoms with E-state index in [0.717, 1.165) is 34.1 Å². The molecule has 1 N–H and O–H groups in total. The van der Waals surface area contributed by atoms with Gasteiger partial charge >= 0.3 is 6.03 Å². The Morgan fingerprint density at radius 2 is 1.78 bits per heavy atom. The first-order chi connectivity index (χ1) is 17.3. The van der Waals surface area contributed by atoms with Crippen LogP contribution in [0.3, 0.4) is 0 Å². The van der Waals surface area contributed by atoms with Crippen LogP contribution in [0.5, 0.6) is 0 Å². The molecule has 6 nitrogen and oxygen atoms in total. The summed E-state index contributed by atoms with van der Waals surface area (Å²) >= 11 is 0. The molecule has 0 aliphatic carbocycles. The van der Waals surface area contributed by atoms with Crippen molar-refractivity contribution in [3.63, 3.8) is 0 Å². The normalized spacial score (nSPS) is 21.1. The number of rotatable bonds is 4. The number of ketones is 1. The SMILES string of the molecule is CCc1ccc(C2CN3C(=O)N(c4cccc(C(C)=O)c4)C(=O)[C@]3(C)c3[nH]c4ccccc4c32)cc1. The Morgan fingerprint density at radius 1 is 1.03 bits per heavy atom. The Labute approximate surface area is 209 Å². The standard InChI is InChI=1S/C30H27N3O3/c1-4-19-12-14-20(15-13-19)24-17-32-29(36)33(22-9-7-8-21(16-22)18(2)34)28(35)30(32,3)27-26(24)23-10-5-6-11-25(23)31-27/h5-16,24,31H,4,17H2,1-3H3/t24?,30-/m0/s1. The third kappa shape index (κ3) is 3.00. The van der Waals surface area contributed by atoms with Gasteiger partial charge in [0.1, 0.15) is 0 Å². The lowest BCUT2D eigenvalue weighted by Crippen LogP contribution is -2.50. The van der Waals surface area contributed by atoms with Crippen LogP contribution in [0.2, 0.25) is 0 Å². The van der Waals surface area contributed by atoms with E-state index in [1.165, 1.54) is 17.4 Å². The molecule has 0 spiro atoms. The summed E-state index contributed by atoms with van der Waals surface area (Å²) < 4.78 is 0. The van der Waals surface area contributed by atoms with Crippen LogP contribution in [-0.2, 0) is 16.8 Å². The summed E-state index contributed by atoms with van der Waals surface area (Å²) in [6.07, 6.45) is 0.953. The molecule has 36 heavy (non-hydrogen) atoms. The van der Waals surface area contributed by atoms with Crippen molar-refractivity contribution in [2.45, 2.75) is 38.6 Å². The lowest BCUT2D eigenvalue weighted by Gasteiger charge is -2.40. The number of Topliss-reactive ketones (excluding diaryl/α,β-unsaturated/α-hetero) is 1. The quantitative estimate of drug-likeness (QED) is 0.300. The summed E-state index contributed by atoms with van der Waals surface area (Å²) in [4.78, 5) is 46.4. The highest BCUT2D eigenvalue weighted by Gasteiger charge is 2.60. The van der Waals surface area contributed by atoms with Gasteiger partial charge < -0.3 is 9.88 Å². The highest BCUT2D eigenvalue weighted by atomic mass is 16.2. The van der Waals surface area contributed by atoms with E-state index in [0.29, 0.717) is 17.8 Å². The number of carbonyl (C=O) groups excluding carboxylic acids is 3. The number of aromatic amines is 1. The molecule has 3 amide bonds. The van der Waals surface area contributed by atoms with Gasteiger partial charge in [-0.15, -0.1) is 0 Å². The molecule has 6 rings (SSSR count). The fourth-order valence-corrected chi connectivity index (χ4v) is 5.77. The number of carbonyl (C=O) groups is 3. The highest BCUT2D eigenvalue weighted by molar-refractivity contribution is 6.24. The maximum Gasteiger partial charge on any atom is 0.332 e. The number of para-hydroxylation sites is 1. The molecule has 6 heteroatoms. The van der Waals surface area contributed by atoms with Crippen LogP contribution in [0.4, 0.5) is 10.5 Å². The number of nitrogens with one attached hydrogen (secondary N) is 1. The number of aryl methyl sites for hydroxylation is 1. The van der Waals surface area contributed by atoms with Crippen molar-refractivity contribution >= 4 is 34.3 Å². The fraction of sp³-hybridized carbons (Fsp3) is 0.233. The van der Waals surface area contributed by atoms with Crippen LogP contribution in [-0.4, -0.2) is 34.2 Å². The summed E-state index contributed by atoms with van der Waals surface area (Å²) in [5.74, 6) is -0.524. The third-order valence-corrected chi connectivity index (χ3v) is 7.83. The number of nitrogens with zero attached hydrogens (tertiary/aromatic N) is 2. The second-order valence-electron chi connectivity index (χ2n) is 9.82. The van der Waals surface area contributed by atoms with E-state index in [4.69, 9.17) is 0 Å². The smallest absolute Gasteiger partial charge is 0.332 e. The Bertz CT molecular complexity index is 1550. The second-order valence-corrected chi connectivity index (χ2v) is 9.82. The van der Waals surface area contributed by atoms with Crippen molar-refractivity contribution in [1.82, 2.24) is 9.88 Å². The first kappa shape index (κ1) is 22.3. The monoisotopic (exact) mass is 477 g/mol. The van der Waals surface area contributed by atoms with E-state index in [1.54, 1.807) is 29.2 Å². The van der Waals surface area contributed by atoms with E-state index in [9.17, 15) is 14.4 Å². The number of H-pyrrole nitrogens is 1. The molecular weight excluding hydrogens is 450 g/mol. The van der Waals surface area contributed by atoms with Crippen molar-refractivity contribution in [2.24, 2.45) is 0 Å². The van der Waals surface area contributed by atoms with E-state index in [1.807, 2.05) is 25.1 Å². The average Bonchev–Trinajstić information content (AvgIpc) is 3.38. The summed E-state index contributed by atoms with van der Waals surface area (Å²) in [6, 6.07) is 22.9. The van der Waals surface area contributed by atoms with Gasteiger partial charge in [-0.05, 0) is 55.2 Å². The molecule has 3 heterocycles. The predicted octanol–water partition coefficient (Wildman–Crippen LogP) is 5.76. The second kappa shape index (κ2) is 7.92. The number of anilines is 1. The molecule has 1 unspecified atom stereocenters. The lowest BCUT2D eigenvalue weighted by atomic mass is 9.78. The van der Waals surface area contributed by atoms with Crippen LogP contribution < -0.4 is 4.90 Å². The minimum absolute atomic E-state index is 0.0876. The maximum absolute atomic E-state index is 14.1. The van der Waals surface area contributed by atoms with E-state index in [-0.39, 0.29) is 23.6 Å². The molecule has 4 aromatic rings. The molecule has 2 aliphatic rings. The van der Waals surface area contributed by atoms with Crippen LogP contribution in [0.15, 0.2) is 72.8 Å². The number of hydrogen-bond acceptors (Lipinski definition) is 3. The zero-order valence-electron chi connectivity index (χ0n) is 20.5. The van der Waals surface area contributed by atoms with Gasteiger partial charge in [0.15, 0.2) is 11.3 Å². The summed E-state index contributed by atoms with van der Waals surface area (Å²) in [6.45, 7) is 5.81. The van der Waals surface area contributed by atoms with Crippen LogP contribution in [0.25, 0.3) is 10.9 Å². The van der Waals surface area contributed by atoms with Gasteiger partial charge in [-0.1, -0.05) is 61.5 Å². The average molecular weight is 478 g/mol. The molecule has 2 atom stereocenters. The first-order valence-electron chi connectivity index (χ1n) is 12.3. The summed E-state index contributed by atoms with van der Waals surface area (Å²) in [5.41, 5.74) is 4.81. The summed E-state index contributed by atoms with van der Waals surface area (Å²) in [7, 11) is 0. The van der Waals surface area contributed by atoms with Crippen LogP contribution >= 0.6 is 0 Å². The molecule has 0 radical (unpaired) electrons. The molecular formula is C30H27N3O3. The molecule has 1 aromatic heterocycles. The Balaban J connectivity index is 1.54. The Kier molecular flexibility index (Phi) is 4.90. The zero-order valence-corrected chi connectivity index (χ0v) is 20.5. The van der Waals surface area contributed by atoms with Crippen molar-refractivity contribution in [3.8, 4) is 0 Å². The molecule has 0 saturated carbocycles. The largest absolute Gasteiger partial charge is 0.356 e. The maximum atomic E-state index is 14.1. The van der Waals surface area contributed by atoms with Crippen LogP contribution in [0.1, 0.15) is 59.4 Å². The Morgan fingerprint density at radius 3 is 2.50 bits per heavy atom. The first-order valence-corrected chi connectivity index (χ1v) is 12.3. The van der Waals surface area contributed by atoms with Gasteiger partial charge in [0.2, 0.25) is 0 Å². The van der Waals surface area contributed by atoms with Gasteiger partial charge in [-0.3, -0.25) is 9.59 Å². The van der Waals surface area contributed by atoms with E-state index < -0.39 is 5.54 Å². The zero-order chi connectivity index (χ0) is 25.2. The number of imide groups is 1. The van der Waals surface area contributed by atoms with E-state index >= 15 is 0 Å². The van der Waals surface area contributed by atoms with Crippen molar-refractivity contribution in [3.05, 3.63) is 101 Å². The van der Waals surface area contributed by atoms with Gasteiger partial charge in [0.05, 0.1) is 11.4 Å². The topological polar surface area (TPSA) is 73.5 Å². The molecule has 1 fully saturated rings. The minimum atomic E-state index is -1.18. The third-order valence-electron chi connectivity index (χ3n) is 7.83. The van der Waals surface area contributed by atoms with Gasteiger partial charge in [-0.25, -0.2) is 9.69 Å². The summed E-state index contributed by atoms with van der Waals surface area (Å²) in [5, 5.41) is 1.07. The van der Waals surface area contributed by atoms with Gasteiger partial charge in [0.25, 0.3) is 5.91 Å². The van der Waals surface area contributed by atoms with Crippen molar-refractivity contribution in [1.29, 1.82) is 0 Å². The molecule has 3 aromatic carbocycles. The van der Waals surface area contributed by atoms with Gasteiger partial charge in [0, 0.05) is 28.9 Å². The number of urea groups is 1. The van der Waals surface area contributed by atoms with Gasteiger partial charge in [-0.2, -0.15) is 0 Å².